The third kappa shape index (κ3) is 2.44. The Labute approximate surface area is 117 Å². The van der Waals surface area contributed by atoms with Gasteiger partial charge in [-0.3, -0.25) is 4.79 Å². The topological polar surface area (TPSA) is 83.8 Å². The van der Waals surface area contributed by atoms with Crippen molar-refractivity contribution < 1.29 is 4.79 Å². The Morgan fingerprint density at radius 3 is 2.85 bits per heavy atom. The zero-order valence-electron chi connectivity index (χ0n) is 11.2. The average Bonchev–Trinajstić information content (AvgIpc) is 3.11. The van der Waals surface area contributed by atoms with Crippen LogP contribution in [0.5, 0.6) is 0 Å². The van der Waals surface area contributed by atoms with Gasteiger partial charge in [-0.2, -0.15) is 0 Å². The molecule has 20 heavy (non-hydrogen) atoms. The molecule has 1 aliphatic carbocycles. The molecule has 1 fully saturated rings. The first-order valence-corrected chi connectivity index (χ1v) is 6.88. The fraction of sp³-hybridized carbons (Fsp3) is 0.333. The first-order valence-electron chi connectivity index (χ1n) is 6.88. The summed E-state index contributed by atoms with van der Waals surface area (Å²) in [4.78, 5) is 19.5. The number of imidazole rings is 1. The molecule has 5 heteroatoms. The Kier molecular flexibility index (Phi) is 3.28. The number of benzene rings is 1. The lowest BCUT2D eigenvalue weighted by Crippen LogP contribution is -2.48. The summed E-state index contributed by atoms with van der Waals surface area (Å²) in [5.74, 6) is 0.691. The van der Waals surface area contributed by atoms with Crippen molar-refractivity contribution in [3.05, 3.63) is 36.7 Å². The van der Waals surface area contributed by atoms with Crippen LogP contribution >= 0.6 is 0 Å². The van der Waals surface area contributed by atoms with Crippen LogP contribution in [0.15, 0.2) is 36.7 Å². The molecule has 1 saturated carbocycles. The van der Waals surface area contributed by atoms with Crippen LogP contribution in [0, 0.1) is 0 Å². The lowest BCUT2D eigenvalue weighted by molar-refractivity contribution is -0.121. The third-order valence-corrected chi connectivity index (χ3v) is 3.84. The molecule has 0 bridgehead atoms. The highest BCUT2D eigenvalue weighted by Gasteiger charge is 2.36. The molecule has 0 spiro atoms. The molecule has 1 aromatic carbocycles. The zero-order chi connectivity index (χ0) is 14.0. The number of hydrogen-bond acceptors (Lipinski definition) is 3. The van der Waals surface area contributed by atoms with Crippen molar-refractivity contribution in [3.63, 3.8) is 0 Å². The summed E-state index contributed by atoms with van der Waals surface area (Å²) in [6, 6.07) is 7.60. The molecular formula is C15H18N4O. The van der Waals surface area contributed by atoms with E-state index >= 15 is 0 Å². The molecular weight excluding hydrogens is 252 g/mol. The molecule has 0 aliphatic heterocycles. The van der Waals surface area contributed by atoms with E-state index in [9.17, 15) is 4.79 Å². The van der Waals surface area contributed by atoms with E-state index in [0.717, 1.165) is 42.8 Å². The predicted molar refractivity (Wildman–Crippen MR) is 78.0 cm³/mol. The van der Waals surface area contributed by atoms with Gasteiger partial charge in [-0.05, 0) is 25.0 Å². The van der Waals surface area contributed by atoms with Crippen LogP contribution in [0.2, 0.25) is 0 Å². The maximum absolute atomic E-state index is 12.3. The van der Waals surface area contributed by atoms with Crippen LogP contribution < -0.4 is 11.1 Å². The second-order valence-corrected chi connectivity index (χ2v) is 5.34. The van der Waals surface area contributed by atoms with Crippen molar-refractivity contribution in [1.29, 1.82) is 0 Å². The smallest absolute Gasteiger partial charge is 0.244 e. The van der Waals surface area contributed by atoms with Gasteiger partial charge in [-0.25, -0.2) is 4.98 Å². The highest BCUT2D eigenvalue weighted by molar-refractivity contribution is 5.98. The third-order valence-electron chi connectivity index (χ3n) is 3.84. The van der Waals surface area contributed by atoms with Crippen LogP contribution in [0.1, 0.15) is 25.7 Å². The molecule has 0 unspecified atom stereocenters. The van der Waals surface area contributed by atoms with E-state index in [1.807, 2.05) is 24.3 Å². The Bertz CT molecular complexity index is 600. The number of nitrogens with one attached hydrogen (secondary N) is 2. The molecule has 1 heterocycles. The lowest BCUT2D eigenvalue weighted by Gasteiger charge is -2.22. The Morgan fingerprint density at radius 2 is 2.15 bits per heavy atom. The van der Waals surface area contributed by atoms with Crippen LogP contribution in [-0.2, 0) is 4.79 Å². The molecule has 0 atom stereocenters. The van der Waals surface area contributed by atoms with E-state index in [1.54, 1.807) is 12.4 Å². The van der Waals surface area contributed by atoms with Crippen LogP contribution in [-0.4, -0.2) is 21.4 Å². The molecule has 5 nitrogen and oxygen atoms in total. The summed E-state index contributed by atoms with van der Waals surface area (Å²) in [7, 11) is 0. The van der Waals surface area contributed by atoms with E-state index in [0.29, 0.717) is 0 Å². The largest absolute Gasteiger partial charge is 0.345 e. The minimum Gasteiger partial charge on any atom is -0.345 e. The van der Waals surface area contributed by atoms with Crippen molar-refractivity contribution >= 4 is 11.6 Å². The molecule has 1 aromatic heterocycles. The van der Waals surface area contributed by atoms with Crippen molar-refractivity contribution in [1.82, 2.24) is 9.97 Å². The number of hydrogen-bond donors (Lipinski definition) is 3. The first kappa shape index (κ1) is 12.9. The molecule has 1 aliphatic rings. The standard InChI is InChI=1S/C15H18N4O/c16-15(6-1-2-7-15)14(20)19-12-5-3-4-11(10-12)13-17-8-9-18-13/h3-5,8-10H,1-2,6-7,16H2,(H,17,18)(H,19,20). The average molecular weight is 270 g/mol. The van der Waals surface area contributed by atoms with E-state index in [4.69, 9.17) is 5.73 Å². The summed E-state index contributed by atoms with van der Waals surface area (Å²) in [5.41, 5.74) is 7.13. The molecule has 4 N–H and O–H groups in total. The van der Waals surface area contributed by atoms with Gasteiger partial charge < -0.3 is 16.0 Å². The van der Waals surface area contributed by atoms with E-state index in [-0.39, 0.29) is 5.91 Å². The molecule has 1 amide bonds. The SMILES string of the molecule is NC1(C(=O)Nc2cccc(-c3ncc[nH]3)c2)CCCC1. The number of carbonyl (C=O) groups excluding carboxylic acids is 1. The zero-order valence-corrected chi connectivity index (χ0v) is 11.2. The van der Waals surface area contributed by atoms with Crippen LogP contribution in [0.25, 0.3) is 11.4 Å². The summed E-state index contributed by atoms with van der Waals surface area (Å²) in [6.07, 6.45) is 7.04. The van der Waals surface area contributed by atoms with Crippen molar-refractivity contribution in [2.75, 3.05) is 5.32 Å². The summed E-state index contributed by atoms with van der Waals surface area (Å²) < 4.78 is 0. The highest BCUT2D eigenvalue weighted by Crippen LogP contribution is 2.29. The number of aromatic nitrogens is 2. The summed E-state index contributed by atoms with van der Waals surface area (Å²) in [5, 5.41) is 2.92. The summed E-state index contributed by atoms with van der Waals surface area (Å²) in [6.45, 7) is 0. The highest BCUT2D eigenvalue weighted by atomic mass is 16.2. The number of nitrogens with two attached hydrogens (primary N) is 1. The predicted octanol–water partition coefficient (Wildman–Crippen LogP) is 2.29. The van der Waals surface area contributed by atoms with Gasteiger partial charge in [0.25, 0.3) is 0 Å². The second-order valence-electron chi connectivity index (χ2n) is 5.34. The van der Waals surface area contributed by atoms with E-state index in [1.165, 1.54) is 0 Å². The first-order chi connectivity index (χ1) is 9.67. The van der Waals surface area contributed by atoms with Gasteiger partial charge in [-0.15, -0.1) is 0 Å². The number of H-pyrrole nitrogens is 1. The van der Waals surface area contributed by atoms with Gasteiger partial charge in [0, 0.05) is 23.6 Å². The fourth-order valence-electron chi connectivity index (χ4n) is 2.66. The lowest BCUT2D eigenvalue weighted by atomic mass is 9.98. The fourth-order valence-corrected chi connectivity index (χ4v) is 2.66. The summed E-state index contributed by atoms with van der Waals surface area (Å²) >= 11 is 0. The Morgan fingerprint density at radius 1 is 1.35 bits per heavy atom. The van der Waals surface area contributed by atoms with Crippen molar-refractivity contribution in [2.45, 2.75) is 31.2 Å². The number of amides is 1. The monoisotopic (exact) mass is 270 g/mol. The van der Waals surface area contributed by atoms with Gasteiger partial charge in [0.2, 0.25) is 5.91 Å². The minimum absolute atomic E-state index is 0.0911. The quantitative estimate of drug-likeness (QED) is 0.800. The van der Waals surface area contributed by atoms with Crippen molar-refractivity contribution in [3.8, 4) is 11.4 Å². The van der Waals surface area contributed by atoms with Gasteiger partial charge >= 0.3 is 0 Å². The molecule has 3 rings (SSSR count). The van der Waals surface area contributed by atoms with Crippen molar-refractivity contribution in [2.24, 2.45) is 5.73 Å². The number of carbonyl (C=O) groups is 1. The normalized spacial score (nSPS) is 17.1. The van der Waals surface area contributed by atoms with Gasteiger partial charge in [0.05, 0.1) is 5.54 Å². The second kappa shape index (κ2) is 5.09. The van der Waals surface area contributed by atoms with E-state index in [2.05, 4.69) is 15.3 Å². The number of nitrogens with zero attached hydrogens (tertiary/aromatic N) is 1. The minimum atomic E-state index is -0.708. The molecule has 2 aromatic rings. The maximum atomic E-state index is 12.3. The van der Waals surface area contributed by atoms with Gasteiger partial charge in [-0.1, -0.05) is 25.0 Å². The van der Waals surface area contributed by atoms with Crippen LogP contribution in [0.4, 0.5) is 5.69 Å². The van der Waals surface area contributed by atoms with Crippen LogP contribution in [0.3, 0.4) is 0 Å². The number of rotatable bonds is 3. The number of aromatic amines is 1. The maximum Gasteiger partial charge on any atom is 0.244 e. The Balaban J connectivity index is 1.78. The molecule has 0 radical (unpaired) electrons. The molecule has 104 valence electrons. The Hall–Kier alpha value is -2.14. The van der Waals surface area contributed by atoms with E-state index < -0.39 is 5.54 Å². The van der Waals surface area contributed by atoms with Gasteiger partial charge in [0.15, 0.2) is 0 Å². The molecule has 0 saturated heterocycles. The number of anilines is 1. The van der Waals surface area contributed by atoms with Gasteiger partial charge in [0.1, 0.15) is 5.82 Å².